The molecule has 0 saturated carbocycles. The molecule has 0 heterocycles. The maximum atomic E-state index is 13.1. The number of alkyl carbamates (subject to hydrolysis) is 1. The quantitative estimate of drug-likeness (QED) is 0.318. The number of carbonyl (C=O) groups excluding carboxylic acids is 2. The van der Waals surface area contributed by atoms with Gasteiger partial charge in [-0.1, -0.05) is 32.9 Å². The molecule has 0 saturated heterocycles. The number of benzene rings is 1. The predicted octanol–water partition coefficient (Wildman–Crippen LogP) is 6.61. The normalized spacial score (nSPS) is 14.8. The molecule has 2 atom stereocenters. The second-order valence-corrected chi connectivity index (χ2v) is 15.5. The molecule has 34 heavy (non-hydrogen) atoms. The van der Waals surface area contributed by atoms with Crippen LogP contribution in [0.5, 0.6) is 0 Å². The predicted molar refractivity (Wildman–Crippen MR) is 127 cm³/mol. The van der Waals surface area contributed by atoms with Gasteiger partial charge in [-0.2, -0.15) is 13.2 Å². The van der Waals surface area contributed by atoms with Crippen LogP contribution in [0.2, 0.25) is 18.1 Å². The highest BCUT2D eigenvalue weighted by Crippen LogP contribution is 2.41. The third kappa shape index (κ3) is 9.29. The number of nitrogens with one attached hydrogen (secondary N) is 1. The summed E-state index contributed by atoms with van der Waals surface area (Å²) in [5.41, 5.74) is -1.08. The Balaban J connectivity index is 3.46. The van der Waals surface area contributed by atoms with Crippen LogP contribution in [0.15, 0.2) is 24.3 Å². The summed E-state index contributed by atoms with van der Waals surface area (Å²) < 4.78 is 56.1. The van der Waals surface area contributed by atoms with Crippen molar-refractivity contribution in [2.75, 3.05) is 7.11 Å². The van der Waals surface area contributed by atoms with E-state index < -0.39 is 49.9 Å². The summed E-state index contributed by atoms with van der Waals surface area (Å²) >= 11 is 0. The number of esters is 1. The Labute approximate surface area is 201 Å². The lowest BCUT2D eigenvalue weighted by molar-refractivity contribution is -0.141. The number of carbonyl (C=O) groups is 2. The molecule has 0 bridgehead atoms. The fraction of sp³-hybridized carbons (Fsp3) is 0.667. The molecule has 0 aliphatic carbocycles. The van der Waals surface area contributed by atoms with Crippen LogP contribution in [0.25, 0.3) is 0 Å². The maximum absolute atomic E-state index is 13.1. The van der Waals surface area contributed by atoms with E-state index >= 15 is 0 Å². The van der Waals surface area contributed by atoms with E-state index in [2.05, 4.69) is 5.32 Å². The monoisotopic (exact) mass is 505 g/mol. The number of ether oxygens (including phenoxy) is 2. The van der Waals surface area contributed by atoms with Crippen molar-refractivity contribution in [1.29, 1.82) is 0 Å². The molecule has 1 N–H and O–H groups in total. The molecular formula is C24H38F3NO5Si. The number of alkyl halides is 3. The highest BCUT2D eigenvalue weighted by Gasteiger charge is 2.42. The first kappa shape index (κ1) is 30.0. The number of methoxy groups -OCH3 is 1. The van der Waals surface area contributed by atoms with Crippen LogP contribution >= 0.6 is 0 Å². The molecular weight excluding hydrogens is 467 g/mol. The second-order valence-electron chi connectivity index (χ2n) is 10.8. The van der Waals surface area contributed by atoms with Crippen molar-refractivity contribution in [2.45, 2.75) is 96.4 Å². The van der Waals surface area contributed by atoms with Crippen molar-refractivity contribution >= 4 is 20.4 Å². The van der Waals surface area contributed by atoms with Crippen LogP contribution in [-0.4, -0.2) is 39.1 Å². The largest absolute Gasteiger partial charge is 0.469 e. The van der Waals surface area contributed by atoms with Gasteiger partial charge in [-0.05, 0) is 63.0 Å². The standard InChI is InChI=1S/C24H38F3NO5Si/c1-22(2,3)32-21(30)28-18(14-15-19(29)31-7)20(33-34(8,9)23(4,5)6)16-10-12-17(13-11-16)24(25,26)27/h10-13,18,20H,14-15H2,1-9H3,(H,28,30). The summed E-state index contributed by atoms with van der Waals surface area (Å²) in [6.45, 7) is 15.3. The minimum atomic E-state index is -4.48. The number of hydrogen-bond donors (Lipinski definition) is 1. The van der Waals surface area contributed by atoms with Gasteiger partial charge in [0.15, 0.2) is 8.32 Å². The Morgan fingerprint density at radius 3 is 1.94 bits per heavy atom. The molecule has 1 rings (SSSR count). The molecule has 1 amide bonds. The van der Waals surface area contributed by atoms with Crippen LogP contribution < -0.4 is 5.32 Å². The summed E-state index contributed by atoms with van der Waals surface area (Å²) in [7, 11) is -1.19. The Morgan fingerprint density at radius 2 is 1.53 bits per heavy atom. The highest BCUT2D eigenvalue weighted by atomic mass is 28.4. The van der Waals surface area contributed by atoms with Crippen LogP contribution in [0.3, 0.4) is 0 Å². The van der Waals surface area contributed by atoms with Gasteiger partial charge < -0.3 is 19.2 Å². The zero-order valence-corrected chi connectivity index (χ0v) is 22.6. The van der Waals surface area contributed by atoms with Gasteiger partial charge in [0, 0.05) is 6.42 Å². The number of amides is 1. The van der Waals surface area contributed by atoms with E-state index in [-0.39, 0.29) is 17.9 Å². The van der Waals surface area contributed by atoms with Crippen molar-refractivity contribution < 1.29 is 36.7 Å². The van der Waals surface area contributed by atoms with Crippen LogP contribution in [0.4, 0.5) is 18.0 Å². The molecule has 0 aliphatic heterocycles. The lowest BCUT2D eigenvalue weighted by Crippen LogP contribution is -2.49. The average molecular weight is 506 g/mol. The van der Waals surface area contributed by atoms with Crippen LogP contribution in [-0.2, 0) is 24.9 Å². The van der Waals surface area contributed by atoms with Gasteiger partial charge in [-0.25, -0.2) is 4.79 Å². The molecule has 0 fully saturated rings. The molecule has 0 aliphatic rings. The van der Waals surface area contributed by atoms with Gasteiger partial charge in [0.2, 0.25) is 0 Å². The molecule has 0 radical (unpaired) electrons. The third-order valence-electron chi connectivity index (χ3n) is 5.75. The Bertz CT molecular complexity index is 827. The van der Waals surface area contributed by atoms with Gasteiger partial charge in [-0.3, -0.25) is 4.79 Å². The number of halogens is 3. The van der Waals surface area contributed by atoms with Gasteiger partial charge in [0.05, 0.1) is 24.8 Å². The van der Waals surface area contributed by atoms with Crippen molar-refractivity contribution in [3.63, 3.8) is 0 Å². The molecule has 10 heteroatoms. The second kappa shape index (κ2) is 11.1. The van der Waals surface area contributed by atoms with Crippen molar-refractivity contribution in [1.82, 2.24) is 5.32 Å². The Morgan fingerprint density at radius 1 is 1.00 bits per heavy atom. The fourth-order valence-corrected chi connectivity index (χ4v) is 4.16. The Kier molecular flexibility index (Phi) is 9.79. The molecule has 1 aromatic rings. The van der Waals surface area contributed by atoms with Crippen LogP contribution in [0, 0.1) is 0 Å². The van der Waals surface area contributed by atoms with Crippen molar-refractivity contribution in [3.05, 3.63) is 35.4 Å². The first-order chi connectivity index (χ1) is 15.3. The van der Waals surface area contributed by atoms with Gasteiger partial charge >= 0.3 is 18.2 Å². The minimum absolute atomic E-state index is 0.0189. The molecule has 0 aromatic heterocycles. The minimum Gasteiger partial charge on any atom is -0.469 e. The molecule has 0 spiro atoms. The van der Waals surface area contributed by atoms with Gasteiger partial charge in [0.1, 0.15) is 5.60 Å². The zero-order chi connectivity index (χ0) is 26.5. The van der Waals surface area contributed by atoms with Gasteiger partial charge in [0.25, 0.3) is 0 Å². The Hall–Kier alpha value is -2.07. The van der Waals surface area contributed by atoms with E-state index in [9.17, 15) is 22.8 Å². The smallest absolute Gasteiger partial charge is 0.416 e. The number of rotatable bonds is 8. The van der Waals surface area contributed by atoms with E-state index in [0.717, 1.165) is 12.1 Å². The van der Waals surface area contributed by atoms with E-state index in [1.54, 1.807) is 20.8 Å². The van der Waals surface area contributed by atoms with Crippen molar-refractivity contribution in [2.24, 2.45) is 0 Å². The summed E-state index contributed by atoms with van der Waals surface area (Å²) in [6, 6.07) is 3.93. The topological polar surface area (TPSA) is 73.9 Å². The lowest BCUT2D eigenvalue weighted by Gasteiger charge is -2.42. The van der Waals surface area contributed by atoms with E-state index in [1.807, 2.05) is 33.9 Å². The van der Waals surface area contributed by atoms with E-state index in [0.29, 0.717) is 5.56 Å². The first-order valence-corrected chi connectivity index (χ1v) is 14.1. The fourth-order valence-electron chi connectivity index (χ4n) is 2.87. The summed E-state index contributed by atoms with van der Waals surface area (Å²) in [5.74, 6) is -0.477. The first-order valence-electron chi connectivity index (χ1n) is 11.2. The van der Waals surface area contributed by atoms with Crippen molar-refractivity contribution in [3.8, 4) is 0 Å². The third-order valence-corrected chi connectivity index (χ3v) is 10.2. The summed E-state index contributed by atoms with van der Waals surface area (Å²) in [4.78, 5) is 24.5. The highest BCUT2D eigenvalue weighted by molar-refractivity contribution is 6.74. The summed E-state index contributed by atoms with van der Waals surface area (Å²) in [5, 5.41) is 2.56. The van der Waals surface area contributed by atoms with Gasteiger partial charge in [-0.15, -0.1) is 0 Å². The average Bonchev–Trinajstić information content (AvgIpc) is 2.66. The zero-order valence-electron chi connectivity index (χ0n) is 21.6. The molecule has 1 aromatic carbocycles. The molecule has 2 unspecified atom stereocenters. The van der Waals surface area contributed by atoms with Crippen LogP contribution in [0.1, 0.15) is 71.6 Å². The maximum Gasteiger partial charge on any atom is 0.416 e. The molecule has 6 nitrogen and oxygen atoms in total. The lowest BCUT2D eigenvalue weighted by atomic mass is 9.97. The number of hydrogen-bond acceptors (Lipinski definition) is 5. The SMILES string of the molecule is COC(=O)CCC(NC(=O)OC(C)(C)C)C(O[Si](C)(C)C(C)(C)C)c1ccc(C(F)(F)F)cc1. The van der Waals surface area contributed by atoms with E-state index in [4.69, 9.17) is 13.9 Å². The van der Waals surface area contributed by atoms with E-state index in [1.165, 1.54) is 19.2 Å². The summed E-state index contributed by atoms with van der Waals surface area (Å²) in [6.07, 6.45) is -5.87. The molecule has 194 valence electrons.